The van der Waals surface area contributed by atoms with Crippen LogP contribution in [-0.2, 0) is 4.79 Å². The maximum absolute atomic E-state index is 12.9. The van der Waals surface area contributed by atoms with E-state index in [1.54, 1.807) is 11.0 Å². The van der Waals surface area contributed by atoms with Gasteiger partial charge in [-0.2, -0.15) is 8.78 Å². The molecular formula is C12H14F4N4O. The zero-order valence-electron chi connectivity index (χ0n) is 11.0. The molecule has 5 nitrogen and oxygen atoms in total. The topological polar surface area (TPSA) is 58.1 Å². The molecule has 1 aromatic heterocycles. The molecule has 0 aliphatic carbocycles. The number of hydrogen-bond acceptors (Lipinski definition) is 4. The molecule has 1 unspecified atom stereocenters. The van der Waals surface area contributed by atoms with Gasteiger partial charge in [0.15, 0.2) is 0 Å². The molecule has 0 aromatic carbocycles. The second-order valence-electron chi connectivity index (χ2n) is 4.73. The number of rotatable bonds is 4. The number of carbonyl (C=O) groups is 1. The van der Waals surface area contributed by atoms with Gasteiger partial charge in [0.05, 0.1) is 0 Å². The number of amides is 1. The van der Waals surface area contributed by atoms with E-state index in [1.165, 1.54) is 12.4 Å². The average Bonchev–Trinajstić information content (AvgIpc) is 2.48. The summed E-state index contributed by atoms with van der Waals surface area (Å²) in [7, 11) is 0. The third-order valence-electron chi connectivity index (χ3n) is 3.17. The largest absolute Gasteiger partial charge is 0.383 e. The van der Waals surface area contributed by atoms with E-state index in [0.29, 0.717) is 25.3 Å². The van der Waals surface area contributed by atoms with E-state index in [9.17, 15) is 22.4 Å². The van der Waals surface area contributed by atoms with Crippen molar-refractivity contribution in [2.75, 3.05) is 18.0 Å². The molecule has 1 atom stereocenters. The van der Waals surface area contributed by atoms with Gasteiger partial charge in [-0.25, -0.2) is 18.7 Å². The van der Waals surface area contributed by atoms with Crippen molar-refractivity contribution >= 4 is 11.9 Å². The zero-order valence-corrected chi connectivity index (χ0v) is 11.0. The van der Waals surface area contributed by atoms with Gasteiger partial charge in [0.1, 0.15) is 0 Å². The van der Waals surface area contributed by atoms with E-state index in [4.69, 9.17) is 0 Å². The van der Waals surface area contributed by atoms with Crippen LogP contribution in [0.1, 0.15) is 12.8 Å². The minimum atomic E-state index is -4.68. The molecule has 2 heterocycles. The summed E-state index contributed by atoms with van der Waals surface area (Å²) in [5.74, 6) is -6.21. The molecule has 1 N–H and O–H groups in total. The Kier molecular flexibility index (Phi) is 4.59. The summed E-state index contributed by atoms with van der Waals surface area (Å²) >= 11 is 0. The van der Waals surface area contributed by atoms with Crippen LogP contribution in [0.4, 0.5) is 23.5 Å². The highest BCUT2D eigenvalue weighted by molar-refractivity contribution is 5.84. The SMILES string of the molecule is O=C(NC1CCCN(c2ncccn2)C1)C(F)(F)C(F)F. The monoisotopic (exact) mass is 306 g/mol. The molecule has 1 amide bonds. The molecule has 0 bridgehead atoms. The smallest absolute Gasteiger partial charge is 0.346 e. The Balaban J connectivity index is 1.97. The molecule has 0 spiro atoms. The van der Waals surface area contributed by atoms with Crippen LogP contribution in [-0.4, -0.2) is 47.4 Å². The van der Waals surface area contributed by atoms with Gasteiger partial charge in [0.25, 0.3) is 5.91 Å². The van der Waals surface area contributed by atoms with Crippen LogP contribution in [0.15, 0.2) is 18.5 Å². The Hall–Kier alpha value is -1.93. The highest BCUT2D eigenvalue weighted by atomic mass is 19.3. The number of hydrogen-bond donors (Lipinski definition) is 1. The summed E-state index contributed by atoms with van der Waals surface area (Å²) in [5, 5.41) is 1.97. The van der Waals surface area contributed by atoms with E-state index in [0.717, 1.165) is 0 Å². The summed E-state index contributed by atoms with van der Waals surface area (Å²) in [5.41, 5.74) is 0. The molecule has 1 aromatic rings. The van der Waals surface area contributed by atoms with Crippen LogP contribution in [0.2, 0.25) is 0 Å². The van der Waals surface area contributed by atoms with E-state index in [-0.39, 0.29) is 6.54 Å². The van der Waals surface area contributed by atoms with Crippen LogP contribution in [0.25, 0.3) is 0 Å². The highest BCUT2D eigenvalue weighted by Gasteiger charge is 2.49. The molecule has 21 heavy (non-hydrogen) atoms. The minimum Gasteiger partial charge on any atom is -0.346 e. The highest BCUT2D eigenvalue weighted by Crippen LogP contribution is 2.24. The Bertz CT molecular complexity index is 485. The number of nitrogens with zero attached hydrogens (tertiary/aromatic N) is 3. The molecule has 0 radical (unpaired) electrons. The van der Waals surface area contributed by atoms with E-state index < -0.39 is 24.3 Å². The average molecular weight is 306 g/mol. The van der Waals surface area contributed by atoms with Crippen LogP contribution in [0.3, 0.4) is 0 Å². The lowest BCUT2D eigenvalue weighted by molar-refractivity contribution is -0.170. The number of aromatic nitrogens is 2. The number of anilines is 1. The second kappa shape index (κ2) is 6.23. The zero-order chi connectivity index (χ0) is 15.5. The Labute approximate surface area is 118 Å². The van der Waals surface area contributed by atoms with Crippen molar-refractivity contribution in [3.63, 3.8) is 0 Å². The van der Waals surface area contributed by atoms with Crippen LogP contribution in [0.5, 0.6) is 0 Å². The van der Waals surface area contributed by atoms with Gasteiger partial charge in [-0.3, -0.25) is 4.79 Å². The van der Waals surface area contributed by atoms with Gasteiger partial charge in [0.2, 0.25) is 5.95 Å². The van der Waals surface area contributed by atoms with Gasteiger partial charge in [-0.1, -0.05) is 0 Å². The molecule has 9 heteroatoms. The quantitative estimate of drug-likeness (QED) is 0.856. The summed E-state index contributed by atoms with van der Waals surface area (Å²) in [6.07, 6.45) is 0.109. The number of halogens is 4. The first-order valence-corrected chi connectivity index (χ1v) is 6.40. The predicted octanol–water partition coefficient (Wildman–Crippen LogP) is 1.46. The Morgan fingerprint density at radius 1 is 1.38 bits per heavy atom. The normalized spacial score (nSPS) is 19.7. The molecule has 1 aliphatic rings. The van der Waals surface area contributed by atoms with Crippen LogP contribution < -0.4 is 10.2 Å². The van der Waals surface area contributed by atoms with Gasteiger partial charge in [0, 0.05) is 31.5 Å². The first-order chi connectivity index (χ1) is 9.91. The summed E-state index contributed by atoms with van der Waals surface area (Å²) in [4.78, 5) is 21.0. The first-order valence-electron chi connectivity index (χ1n) is 6.40. The molecule has 2 rings (SSSR count). The van der Waals surface area contributed by atoms with Crippen molar-refractivity contribution in [2.24, 2.45) is 0 Å². The van der Waals surface area contributed by atoms with Gasteiger partial charge < -0.3 is 10.2 Å². The fourth-order valence-electron chi connectivity index (χ4n) is 2.11. The van der Waals surface area contributed by atoms with Crippen molar-refractivity contribution in [3.05, 3.63) is 18.5 Å². The van der Waals surface area contributed by atoms with Gasteiger partial charge in [-0.05, 0) is 18.9 Å². The fraction of sp³-hybridized carbons (Fsp3) is 0.583. The Morgan fingerprint density at radius 2 is 2.05 bits per heavy atom. The predicted molar refractivity (Wildman–Crippen MR) is 66.4 cm³/mol. The van der Waals surface area contributed by atoms with Crippen molar-refractivity contribution in [1.29, 1.82) is 0 Å². The van der Waals surface area contributed by atoms with Crippen molar-refractivity contribution in [1.82, 2.24) is 15.3 Å². The van der Waals surface area contributed by atoms with E-state index in [1.807, 2.05) is 5.32 Å². The third-order valence-corrected chi connectivity index (χ3v) is 3.17. The summed E-state index contributed by atoms with van der Waals surface area (Å²) in [6, 6.07) is 0.996. The summed E-state index contributed by atoms with van der Waals surface area (Å²) < 4.78 is 50.1. The molecular weight excluding hydrogens is 292 g/mol. The number of alkyl halides is 4. The third kappa shape index (κ3) is 3.59. The first kappa shape index (κ1) is 15.5. The fourth-order valence-corrected chi connectivity index (χ4v) is 2.11. The summed E-state index contributed by atoms with van der Waals surface area (Å²) in [6.45, 7) is 0.816. The Morgan fingerprint density at radius 3 is 2.67 bits per heavy atom. The van der Waals surface area contributed by atoms with Crippen molar-refractivity contribution < 1.29 is 22.4 Å². The van der Waals surface area contributed by atoms with Gasteiger partial charge in [-0.15, -0.1) is 0 Å². The second-order valence-corrected chi connectivity index (χ2v) is 4.73. The number of nitrogens with one attached hydrogen (secondary N) is 1. The van der Waals surface area contributed by atoms with Crippen LogP contribution in [0, 0.1) is 0 Å². The maximum atomic E-state index is 12.9. The maximum Gasteiger partial charge on any atom is 0.383 e. The lowest BCUT2D eigenvalue weighted by atomic mass is 10.1. The number of piperidine rings is 1. The van der Waals surface area contributed by atoms with Crippen molar-refractivity contribution in [2.45, 2.75) is 31.2 Å². The minimum absolute atomic E-state index is 0.203. The lowest BCUT2D eigenvalue weighted by Crippen LogP contribution is -2.54. The van der Waals surface area contributed by atoms with Crippen LogP contribution >= 0.6 is 0 Å². The molecule has 1 saturated heterocycles. The van der Waals surface area contributed by atoms with E-state index in [2.05, 4.69) is 9.97 Å². The molecule has 1 fully saturated rings. The standard InChI is InChI=1S/C12H14F4N4O/c13-9(14)12(15,16)10(21)19-8-3-1-6-20(7-8)11-17-4-2-5-18-11/h2,4-5,8-9H,1,3,6-7H2,(H,19,21). The molecule has 1 aliphatic heterocycles. The van der Waals surface area contributed by atoms with Crippen molar-refractivity contribution in [3.8, 4) is 0 Å². The molecule has 116 valence electrons. The van der Waals surface area contributed by atoms with E-state index >= 15 is 0 Å². The molecule has 0 saturated carbocycles. The lowest BCUT2D eigenvalue weighted by Gasteiger charge is -2.33. The number of carbonyl (C=O) groups excluding carboxylic acids is 1. The van der Waals surface area contributed by atoms with Gasteiger partial charge >= 0.3 is 12.3 Å².